The standard InChI is InChI=1S/C9H16N2O3/c1-9(2,8(13)14)11-7(12)6-4-3-5-10-6/h6,10H,3-5H2,1-2H3,(H,11,12)(H,13,14). The van der Waals surface area contributed by atoms with E-state index in [2.05, 4.69) is 10.6 Å². The van der Waals surface area contributed by atoms with Gasteiger partial charge in [0.05, 0.1) is 6.04 Å². The van der Waals surface area contributed by atoms with Crippen molar-refractivity contribution in [2.45, 2.75) is 38.3 Å². The zero-order chi connectivity index (χ0) is 10.8. The molecule has 0 bridgehead atoms. The lowest BCUT2D eigenvalue weighted by atomic mass is 10.1. The molecule has 1 heterocycles. The highest BCUT2D eigenvalue weighted by molar-refractivity contribution is 5.89. The average molecular weight is 200 g/mol. The van der Waals surface area contributed by atoms with Crippen LogP contribution in [0.3, 0.4) is 0 Å². The molecule has 0 radical (unpaired) electrons. The Hall–Kier alpha value is -1.10. The third-order valence-electron chi connectivity index (χ3n) is 2.35. The van der Waals surface area contributed by atoms with Crippen LogP contribution in [-0.2, 0) is 9.59 Å². The van der Waals surface area contributed by atoms with Crippen LogP contribution in [0.4, 0.5) is 0 Å². The quantitative estimate of drug-likeness (QED) is 0.585. The van der Waals surface area contributed by atoms with Crippen LogP contribution in [0.1, 0.15) is 26.7 Å². The topological polar surface area (TPSA) is 78.4 Å². The number of amides is 1. The largest absolute Gasteiger partial charge is 0.480 e. The number of hydrogen-bond acceptors (Lipinski definition) is 3. The fourth-order valence-corrected chi connectivity index (χ4v) is 1.36. The summed E-state index contributed by atoms with van der Waals surface area (Å²) in [5, 5.41) is 14.3. The number of carboxylic acids is 1. The minimum Gasteiger partial charge on any atom is -0.480 e. The van der Waals surface area contributed by atoms with E-state index in [0.29, 0.717) is 0 Å². The fourth-order valence-electron chi connectivity index (χ4n) is 1.36. The molecule has 1 unspecified atom stereocenters. The molecule has 0 aromatic rings. The highest BCUT2D eigenvalue weighted by Gasteiger charge is 2.32. The van der Waals surface area contributed by atoms with Crippen LogP contribution in [-0.4, -0.2) is 35.1 Å². The first-order valence-corrected chi connectivity index (χ1v) is 4.72. The second kappa shape index (κ2) is 3.96. The molecule has 0 aromatic carbocycles. The molecule has 1 saturated heterocycles. The van der Waals surface area contributed by atoms with Crippen molar-refractivity contribution in [3.05, 3.63) is 0 Å². The molecule has 0 saturated carbocycles. The van der Waals surface area contributed by atoms with Crippen molar-refractivity contribution in [1.82, 2.24) is 10.6 Å². The van der Waals surface area contributed by atoms with E-state index in [4.69, 9.17) is 5.11 Å². The summed E-state index contributed by atoms with van der Waals surface area (Å²) >= 11 is 0. The maximum absolute atomic E-state index is 11.5. The van der Waals surface area contributed by atoms with Crippen LogP contribution in [0.15, 0.2) is 0 Å². The summed E-state index contributed by atoms with van der Waals surface area (Å²) in [4.78, 5) is 22.3. The zero-order valence-corrected chi connectivity index (χ0v) is 8.46. The van der Waals surface area contributed by atoms with E-state index in [1.54, 1.807) is 0 Å². The minimum absolute atomic E-state index is 0.227. The molecule has 14 heavy (non-hydrogen) atoms. The van der Waals surface area contributed by atoms with E-state index in [1.807, 2.05) is 0 Å². The first-order chi connectivity index (χ1) is 6.43. The molecule has 1 aliphatic heterocycles. The van der Waals surface area contributed by atoms with Gasteiger partial charge in [-0.1, -0.05) is 0 Å². The third kappa shape index (κ3) is 2.45. The summed E-state index contributed by atoms with van der Waals surface area (Å²) in [5.41, 5.74) is -1.19. The van der Waals surface area contributed by atoms with Gasteiger partial charge >= 0.3 is 5.97 Å². The van der Waals surface area contributed by atoms with Gasteiger partial charge in [0.1, 0.15) is 5.54 Å². The number of hydrogen-bond donors (Lipinski definition) is 3. The second-order valence-corrected chi connectivity index (χ2v) is 4.07. The summed E-state index contributed by atoms with van der Waals surface area (Å²) in [7, 11) is 0. The van der Waals surface area contributed by atoms with E-state index in [1.165, 1.54) is 13.8 Å². The molecule has 5 nitrogen and oxygen atoms in total. The van der Waals surface area contributed by atoms with Crippen LogP contribution in [0.5, 0.6) is 0 Å². The smallest absolute Gasteiger partial charge is 0.328 e. The van der Waals surface area contributed by atoms with Gasteiger partial charge in [0.25, 0.3) is 0 Å². The lowest BCUT2D eigenvalue weighted by Gasteiger charge is -2.23. The number of aliphatic carboxylic acids is 1. The minimum atomic E-state index is -1.19. The van der Waals surface area contributed by atoms with E-state index in [0.717, 1.165) is 19.4 Å². The van der Waals surface area contributed by atoms with Crippen LogP contribution < -0.4 is 10.6 Å². The summed E-state index contributed by atoms with van der Waals surface area (Å²) in [6.45, 7) is 3.77. The van der Waals surface area contributed by atoms with Gasteiger partial charge in [0, 0.05) is 0 Å². The molecule has 1 amide bonds. The molecule has 80 valence electrons. The van der Waals surface area contributed by atoms with Gasteiger partial charge in [0.2, 0.25) is 5.91 Å². The summed E-state index contributed by atoms with van der Waals surface area (Å²) < 4.78 is 0. The van der Waals surface area contributed by atoms with Gasteiger partial charge in [-0.2, -0.15) is 0 Å². The number of rotatable bonds is 3. The molecule has 1 atom stereocenters. The zero-order valence-electron chi connectivity index (χ0n) is 8.46. The molecule has 5 heteroatoms. The summed E-state index contributed by atoms with van der Waals surface area (Å²) in [6, 6.07) is -0.228. The molecule has 0 spiro atoms. The summed E-state index contributed by atoms with van der Waals surface area (Å²) in [5.74, 6) is -1.25. The van der Waals surface area contributed by atoms with E-state index < -0.39 is 11.5 Å². The number of carbonyl (C=O) groups excluding carboxylic acids is 1. The van der Waals surface area contributed by atoms with Crippen molar-refractivity contribution in [2.75, 3.05) is 6.54 Å². The molecular formula is C9H16N2O3. The molecule has 3 N–H and O–H groups in total. The lowest BCUT2D eigenvalue weighted by Crippen LogP contribution is -2.54. The lowest BCUT2D eigenvalue weighted by molar-refractivity contribution is -0.146. The first-order valence-electron chi connectivity index (χ1n) is 4.72. The van der Waals surface area contributed by atoms with Gasteiger partial charge in [0.15, 0.2) is 0 Å². The van der Waals surface area contributed by atoms with E-state index >= 15 is 0 Å². The van der Waals surface area contributed by atoms with E-state index in [-0.39, 0.29) is 11.9 Å². The SMILES string of the molecule is CC(C)(NC(=O)C1CCCN1)C(=O)O. The molecule has 1 aliphatic rings. The first kappa shape index (κ1) is 11.0. The highest BCUT2D eigenvalue weighted by Crippen LogP contribution is 2.08. The molecule has 1 rings (SSSR count). The molecule has 1 fully saturated rings. The van der Waals surface area contributed by atoms with Gasteiger partial charge in [-0.25, -0.2) is 4.79 Å². The summed E-state index contributed by atoms with van der Waals surface area (Å²) in [6.07, 6.45) is 1.74. The normalized spacial score (nSPS) is 22.0. The Balaban J connectivity index is 2.51. The van der Waals surface area contributed by atoms with Gasteiger partial charge in [-0.15, -0.1) is 0 Å². The number of carbonyl (C=O) groups is 2. The van der Waals surface area contributed by atoms with Crippen LogP contribution in [0.2, 0.25) is 0 Å². The monoisotopic (exact) mass is 200 g/mol. The molecule has 0 aromatic heterocycles. The predicted octanol–water partition coefficient (Wildman–Crippen LogP) is -0.282. The second-order valence-electron chi connectivity index (χ2n) is 4.07. The Labute approximate surface area is 82.9 Å². The number of carboxylic acid groups (broad SMARTS) is 1. The van der Waals surface area contributed by atoms with Crippen molar-refractivity contribution >= 4 is 11.9 Å². The van der Waals surface area contributed by atoms with Gasteiger partial charge in [-0.05, 0) is 33.2 Å². The molecule has 0 aliphatic carbocycles. The van der Waals surface area contributed by atoms with Crippen molar-refractivity contribution in [3.8, 4) is 0 Å². The third-order valence-corrected chi connectivity index (χ3v) is 2.35. The van der Waals surface area contributed by atoms with Gasteiger partial charge in [-0.3, -0.25) is 4.79 Å². The Morgan fingerprint density at radius 1 is 1.50 bits per heavy atom. The Kier molecular flexibility index (Phi) is 3.10. The van der Waals surface area contributed by atoms with Crippen molar-refractivity contribution in [2.24, 2.45) is 0 Å². The van der Waals surface area contributed by atoms with Crippen molar-refractivity contribution in [1.29, 1.82) is 0 Å². The Morgan fingerprint density at radius 3 is 2.57 bits per heavy atom. The van der Waals surface area contributed by atoms with Crippen LogP contribution >= 0.6 is 0 Å². The average Bonchev–Trinajstić information content (AvgIpc) is 2.54. The van der Waals surface area contributed by atoms with Crippen molar-refractivity contribution in [3.63, 3.8) is 0 Å². The van der Waals surface area contributed by atoms with Crippen LogP contribution in [0, 0.1) is 0 Å². The Morgan fingerprint density at radius 2 is 2.14 bits per heavy atom. The number of nitrogens with one attached hydrogen (secondary N) is 2. The fraction of sp³-hybridized carbons (Fsp3) is 0.778. The van der Waals surface area contributed by atoms with Crippen LogP contribution in [0.25, 0.3) is 0 Å². The van der Waals surface area contributed by atoms with Gasteiger partial charge < -0.3 is 15.7 Å². The van der Waals surface area contributed by atoms with E-state index in [9.17, 15) is 9.59 Å². The van der Waals surface area contributed by atoms with Crippen molar-refractivity contribution < 1.29 is 14.7 Å². The maximum atomic E-state index is 11.5. The highest BCUT2D eigenvalue weighted by atomic mass is 16.4. The predicted molar refractivity (Wildman–Crippen MR) is 50.9 cm³/mol. The molecular weight excluding hydrogens is 184 g/mol. The Bertz CT molecular complexity index is 244. The maximum Gasteiger partial charge on any atom is 0.328 e.